The molecule has 5 rings (SSSR count). The zero-order valence-corrected chi connectivity index (χ0v) is 27.6. The summed E-state index contributed by atoms with van der Waals surface area (Å²) in [4.78, 5) is 42.7. The van der Waals surface area contributed by atoms with Gasteiger partial charge in [0.1, 0.15) is 23.7 Å². The smallest absolute Gasteiger partial charge is 0.420 e. The molecule has 4 aromatic rings. The minimum absolute atomic E-state index is 0.00152. The van der Waals surface area contributed by atoms with Crippen LogP contribution in [-0.4, -0.2) is 71.4 Å². The molecule has 12 nitrogen and oxygen atoms in total. The van der Waals surface area contributed by atoms with Gasteiger partial charge in [0.2, 0.25) is 0 Å². The van der Waals surface area contributed by atoms with Gasteiger partial charge >= 0.3 is 18.0 Å². The van der Waals surface area contributed by atoms with Crippen molar-refractivity contribution in [3.8, 4) is 22.7 Å². The quantitative estimate of drug-likeness (QED) is 0.269. The lowest BCUT2D eigenvalue weighted by Gasteiger charge is -2.35. The van der Waals surface area contributed by atoms with Crippen molar-refractivity contribution in [2.45, 2.75) is 77.7 Å². The van der Waals surface area contributed by atoms with Crippen LogP contribution in [0.25, 0.3) is 16.9 Å². The van der Waals surface area contributed by atoms with Gasteiger partial charge in [-0.2, -0.15) is 23.4 Å². The highest BCUT2D eigenvalue weighted by atomic mass is 19.4. The largest absolute Gasteiger partial charge is 0.490 e. The number of halogens is 3. The molecule has 3 heterocycles. The lowest BCUT2D eigenvalue weighted by atomic mass is 10.0. The van der Waals surface area contributed by atoms with E-state index in [9.17, 15) is 32.7 Å². The Morgan fingerprint density at radius 1 is 1.02 bits per heavy atom. The van der Waals surface area contributed by atoms with Crippen molar-refractivity contribution >= 4 is 12.0 Å². The molecule has 2 aromatic carbocycles. The number of carbonyl (C=O) groups is 2. The summed E-state index contributed by atoms with van der Waals surface area (Å²) in [7, 11) is 0. The van der Waals surface area contributed by atoms with E-state index in [0.717, 1.165) is 11.1 Å². The summed E-state index contributed by atoms with van der Waals surface area (Å²) in [6, 6.07) is 15.9. The summed E-state index contributed by atoms with van der Waals surface area (Å²) in [5.74, 6) is -0.610. The number of nitrogens with one attached hydrogen (secondary N) is 1. The number of ether oxygens (including phenoxy) is 2. The Morgan fingerprint density at radius 2 is 1.71 bits per heavy atom. The van der Waals surface area contributed by atoms with Gasteiger partial charge < -0.3 is 19.9 Å². The second kappa shape index (κ2) is 13.4. The van der Waals surface area contributed by atoms with Crippen LogP contribution in [0.5, 0.6) is 5.75 Å². The highest BCUT2D eigenvalue weighted by Gasteiger charge is 2.50. The molecule has 2 N–H and O–H groups in total. The number of carbonyl (C=O) groups excluding carboxylic acids is 2. The molecule has 1 aliphatic rings. The van der Waals surface area contributed by atoms with E-state index >= 15 is 0 Å². The van der Waals surface area contributed by atoms with Gasteiger partial charge in [-0.25, -0.2) is 9.59 Å². The molecular formula is C34H37F3N6O6. The molecule has 260 valence electrons. The number of nitrogens with zero attached hydrogens (tertiary/aromatic N) is 5. The van der Waals surface area contributed by atoms with Gasteiger partial charge in [0, 0.05) is 24.8 Å². The van der Waals surface area contributed by atoms with Crippen LogP contribution in [0.2, 0.25) is 0 Å². The van der Waals surface area contributed by atoms with E-state index in [1.807, 2.05) is 24.3 Å². The molecule has 1 aliphatic heterocycles. The van der Waals surface area contributed by atoms with Gasteiger partial charge in [-0.1, -0.05) is 24.3 Å². The first-order chi connectivity index (χ1) is 23.0. The Balaban J connectivity index is 1.51. The Morgan fingerprint density at radius 3 is 2.35 bits per heavy atom. The van der Waals surface area contributed by atoms with Crippen LogP contribution in [0.1, 0.15) is 56.4 Å². The van der Waals surface area contributed by atoms with Gasteiger partial charge in [-0.3, -0.25) is 18.8 Å². The van der Waals surface area contributed by atoms with Crippen LogP contribution in [-0.2, 0) is 24.4 Å². The Kier molecular flexibility index (Phi) is 9.59. The molecule has 0 bridgehead atoms. The fourth-order valence-corrected chi connectivity index (χ4v) is 5.28. The summed E-state index contributed by atoms with van der Waals surface area (Å²) in [5, 5.41) is 20.8. The van der Waals surface area contributed by atoms with Crippen LogP contribution in [0.15, 0.2) is 71.7 Å². The van der Waals surface area contributed by atoms with Crippen molar-refractivity contribution in [2.75, 3.05) is 6.61 Å². The summed E-state index contributed by atoms with van der Waals surface area (Å²) in [6.45, 7) is 6.55. The standard InChI is InChI=1S/C34H37F3N6O6/c1-21-18-42-27(19-41(21)31(46)49-32(2,3)4)28(29(44)38-17-22-9-6-7-10-25(22)26-11-8-16-39-40-26)43(30(42)45)23-12-14-24(15-13-23)48-20-33(5,47)34(35,36)37/h6-16,21,47H,17-20H2,1-5H3,(H,38,44). The lowest BCUT2D eigenvalue weighted by molar-refractivity contribution is -0.260. The van der Waals surface area contributed by atoms with Crippen molar-refractivity contribution in [2.24, 2.45) is 0 Å². The SMILES string of the molecule is CC1Cn2c(c(C(=O)NCc3ccccc3-c3cccnn3)n(-c3ccc(OCC(C)(O)C(F)(F)F)cc3)c2=O)CN1C(=O)OC(C)(C)C. The van der Waals surface area contributed by atoms with E-state index in [4.69, 9.17) is 9.47 Å². The fraction of sp³-hybridized carbons (Fsp3) is 0.382. The minimum atomic E-state index is -4.91. The Hall–Kier alpha value is -5.18. The minimum Gasteiger partial charge on any atom is -0.490 e. The number of amides is 2. The van der Waals surface area contributed by atoms with Crippen molar-refractivity contribution < 1.29 is 37.3 Å². The first-order valence-corrected chi connectivity index (χ1v) is 15.5. The molecular weight excluding hydrogens is 645 g/mol. The molecule has 0 saturated heterocycles. The van der Waals surface area contributed by atoms with E-state index in [1.54, 1.807) is 46.0 Å². The van der Waals surface area contributed by atoms with E-state index in [-0.39, 0.29) is 42.5 Å². The second-order valence-corrected chi connectivity index (χ2v) is 13.0. The maximum Gasteiger partial charge on any atom is 0.420 e. The molecule has 0 fully saturated rings. The number of alkyl halides is 3. The highest BCUT2D eigenvalue weighted by molar-refractivity contribution is 5.94. The van der Waals surface area contributed by atoms with Gasteiger partial charge in [0.25, 0.3) is 5.91 Å². The first-order valence-electron chi connectivity index (χ1n) is 15.5. The van der Waals surface area contributed by atoms with E-state index in [2.05, 4.69) is 15.5 Å². The molecule has 15 heteroatoms. The van der Waals surface area contributed by atoms with E-state index in [1.165, 1.54) is 38.3 Å². The number of hydrogen-bond donors (Lipinski definition) is 2. The van der Waals surface area contributed by atoms with Crippen molar-refractivity contribution in [3.05, 3.63) is 94.3 Å². The molecule has 2 atom stereocenters. The maximum absolute atomic E-state index is 14.1. The van der Waals surface area contributed by atoms with Crippen LogP contribution < -0.4 is 15.7 Å². The molecule has 2 amide bonds. The second-order valence-electron chi connectivity index (χ2n) is 13.0. The molecule has 2 unspecified atom stereocenters. The van der Waals surface area contributed by atoms with E-state index in [0.29, 0.717) is 12.6 Å². The molecule has 49 heavy (non-hydrogen) atoms. The van der Waals surface area contributed by atoms with Gasteiger partial charge in [0.05, 0.1) is 29.7 Å². The van der Waals surface area contributed by atoms with Crippen LogP contribution in [0.3, 0.4) is 0 Å². The normalized spacial score (nSPS) is 16.0. The lowest BCUT2D eigenvalue weighted by Crippen LogP contribution is -2.48. The molecule has 0 spiro atoms. The van der Waals surface area contributed by atoms with Gasteiger partial charge in [-0.15, -0.1) is 0 Å². The van der Waals surface area contributed by atoms with Crippen molar-refractivity contribution in [3.63, 3.8) is 0 Å². The zero-order valence-electron chi connectivity index (χ0n) is 27.6. The average molecular weight is 683 g/mol. The highest BCUT2D eigenvalue weighted by Crippen LogP contribution is 2.31. The van der Waals surface area contributed by atoms with Gasteiger partial charge in [0.15, 0.2) is 5.60 Å². The summed E-state index contributed by atoms with van der Waals surface area (Å²) < 4.78 is 52.8. The Bertz CT molecular complexity index is 1880. The third kappa shape index (κ3) is 7.61. The van der Waals surface area contributed by atoms with E-state index < -0.39 is 47.7 Å². The molecule has 2 aromatic heterocycles. The number of aromatic nitrogens is 4. The number of rotatable bonds is 8. The molecule has 0 aliphatic carbocycles. The third-order valence-corrected chi connectivity index (χ3v) is 7.92. The predicted octanol–water partition coefficient (Wildman–Crippen LogP) is 4.86. The Labute approximate surface area is 280 Å². The number of fused-ring (bicyclic) bond motifs is 1. The van der Waals surface area contributed by atoms with Crippen molar-refractivity contribution in [1.82, 2.24) is 29.5 Å². The van der Waals surface area contributed by atoms with Crippen LogP contribution in [0, 0.1) is 0 Å². The average Bonchev–Trinajstić information content (AvgIpc) is 3.32. The predicted molar refractivity (Wildman–Crippen MR) is 172 cm³/mol. The third-order valence-electron chi connectivity index (χ3n) is 7.92. The fourth-order valence-electron chi connectivity index (χ4n) is 5.28. The number of imidazole rings is 1. The van der Waals surface area contributed by atoms with Crippen LogP contribution in [0.4, 0.5) is 18.0 Å². The number of hydrogen-bond acceptors (Lipinski definition) is 8. The topological polar surface area (TPSA) is 141 Å². The number of aliphatic hydroxyl groups is 1. The number of benzene rings is 2. The van der Waals surface area contributed by atoms with Crippen molar-refractivity contribution in [1.29, 1.82) is 0 Å². The molecule has 0 saturated carbocycles. The monoisotopic (exact) mass is 682 g/mol. The zero-order chi connectivity index (χ0) is 35.7. The summed E-state index contributed by atoms with van der Waals surface area (Å²) in [6.07, 6.45) is -3.96. The summed E-state index contributed by atoms with van der Waals surface area (Å²) in [5.41, 5.74) is -1.87. The summed E-state index contributed by atoms with van der Waals surface area (Å²) >= 11 is 0. The van der Waals surface area contributed by atoms with Crippen LogP contribution >= 0.6 is 0 Å². The first kappa shape index (κ1) is 35.1. The maximum atomic E-state index is 14.1. The molecule has 0 radical (unpaired) electrons. The van der Waals surface area contributed by atoms with Gasteiger partial charge in [-0.05, 0) is 76.6 Å².